The molecule has 0 saturated carbocycles. The average Bonchev–Trinajstić information content (AvgIpc) is 2.85. The lowest BCUT2D eigenvalue weighted by atomic mass is 9.85. The molecule has 4 rings (SSSR count). The fraction of sp³-hybridized carbons (Fsp3) is 0.348. The van der Waals surface area contributed by atoms with E-state index in [2.05, 4.69) is 15.3 Å². The van der Waals surface area contributed by atoms with Crippen LogP contribution in [0.3, 0.4) is 0 Å². The van der Waals surface area contributed by atoms with Gasteiger partial charge < -0.3 is 16.0 Å². The number of anilines is 3. The Kier molecular flexibility index (Phi) is 4.84. The number of nitrogens with one attached hydrogen (secondary N) is 1. The highest BCUT2D eigenvalue weighted by atomic mass is 19.4. The zero-order valence-corrected chi connectivity index (χ0v) is 18.4. The predicted molar refractivity (Wildman–Crippen MR) is 119 cm³/mol. The standard InChI is InChI=1S/C23H24F3N5O/c1-11(13-6-14(23(24,25)26)8-15(27)7-13)28-20-16-9-19-17(10-18(16)29-12(2)30-20)22(3,4)21(32)31(19)5/h6-11H,27H2,1-5H3,(H,28,29,30)/t11-/m1/s1. The number of nitrogens with zero attached hydrogens (tertiary/aromatic N) is 3. The summed E-state index contributed by atoms with van der Waals surface area (Å²) in [5.41, 5.74) is 6.97. The molecule has 3 aromatic rings. The van der Waals surface area contributed by atoms with E-state index in [9.17, 15) is 18.0 Å². The highest BCUT2D eigenvalue weighted by molar-refractivity contribution is 6.10. The molecule has 168 valence electrons. The first-order chi connectivity index (χ1) is 14.8. The van der Waals surface area contributed by atoms with Gasteiger partial charge in [-0.2, -0.15) is 13.2 Å². The third-order valence-electron chi connectivity index (χ3n) is 5.96. The minimum absolute atomic E-state index is 0.0187. The highest BCUT2D eigenvalue weighted by Gasteiger charge is 2.42. The summed E-state index contributed by atoms with van der Waals surface area (Å²) in [5.74, 6) is 0.963. The van der Waals surface area contributed by atoms with Gasteiger partial charge in [0.1, 0.15) is 11.6 Å². The second kappa shape index (κ2) is 7.08. The van der Waals surface area contributed by atoms with E-state index in [1.165, 1.54) is 6.07 Å². The van der Waals surface area contributed by atoms with Gasteiger partial charge in [-0.15, -0.1) is 0 Å². The molecule has 0 aliphatic carbocycles. The van der Waals surface area contributed by atoms with Crippen LogP contribution in [-0.2, 0) is 16.4 Å². The average molecular weight is 443 g/mol. The van der Waals surface area contributed by atoms with Crippen molar-refractivity contribution in [2.75, 3.05) is 23.0 Å². The second-order valence-electron chi connectivity index (χ2n) is 8.75. The number of aryl methyl sites for hydroxylation is 1. The van der Waals surface area contributed by atoms with Gasteiger partial charge in [-0.25, -0.2) is 9.97 Å². The largest absolute Gasteiger partial charge is 0.416 e. The Labute approximate surface area is 183 Å². The van der Waals surface area contributed by atoms with Crippen LogP contribution in [-0.4, -0.2) is 22.9 Å². The van der Waals surface area contributed by atoms with E-state index in [1.54, 1.807) is 25.8 Å². The number of likely N-dealkylation sites (N-methyl/N-ethyl adjacent to an activating group) is 1. The monoisotopic (exact) mass is 443 g/mol. The number of rotatable bonds is 3. The molecule has 9 heteroatoms. The van der Waals surface area contributed by atoms with E-state index in [4.69, 9.17) is 5.73 Å². The lowest BCUT2D eigenvalue weighted by Crippen LogP contribution is -2.33. The maximum absolute atomic E-state index is 13.2. The summed E-state index contributed by atoms with van der Waals surface area (Å²) < 4.78 is 39.7. The number of halogens is 3. The van der Waals surface area contributed by atoms with E-state index in [0.717, 1.165) is 23.4 Å². The number of nitrogen functional groups attached to an aromatic ring is 1. The lowest BCUT2D eigenvalue weighted by Gasteiger charge is -2.20. The van der Waals surface area contributed by atoms with Gasteiger partial charge in [0.15, 0.2) is 0 Å². The first-order valence-corrected chi connectivity index (χ1v) is 10.1. The van der Waals surface area contributed by atoms with Crippen molar-refractivity contribution in [3.8, 4) is 0 Å². The molecule has 2 heterocycles. The Morgan fingerprint density at radius 1 is 1.12 bits per heavy atom. The van der Waals surface area contributed by atoms with E-state index in [-0.39, 0.29) is 11.6 Å². The number of aromatic nitrogens is 2. The SMILES string of the molecule is Cc1nc(N[C@H](C)c2cc(N)cc(C(F)(F)F)c2)c2cc3c(cc2n1)C(C)(C)C(=O)N3C. The highest BCUT2D eigenvalue weighted by Crippen LogP contribution is 2.43. The molecule has 32 heavy (non-hydrogen) atoms. The summed E-state index contributed by atoms with van der Waals surface area (Å²) in [7, 11) is 1.72. The molecule has 1 amide bonds. The number of amides is 1. The van der Waals surface area contributed by atoms with Crippen LogP contribution in [0.2, 0.25) is 0 Å². The normalized spacial score (nSPS) is 16.4. The maximum atomic E-state index is 13.2. The van der Waals surface area contributed by atoms with Crippen LogP contribution in [0.1, 0.15) is 49.3 Å². The summed E-state index contributed by atoms with van der Waals surface area (Å²) in [4.78, 5) is 23.3. The zero-order valence-electron chi connectivity index (χ0n) is 18.4. The van der Waals surface area contributed by atoms with Crippen LogP contribution in [0.4, 0.5) is 30.4 Å². The number of nitrogens with two attached hydrogens (primary N) is 1. The van der Waals surface area contributed by atoms with Crippen LogP contribution < -0.4 is 16.0 Å². The number of hydrogen-bond acceptors (Lipinski definition) is 5. The molecule has 6 nitrogen and oxygen atoms in total. The number of fused-ring (bicyclic) bond motifs is 2. The smallest absolute Gasteiger partial charge is 0.399 e. The van der Waals surface area contributed by atoms with E-state index < -0.39 is 23.2 Å². The lowest BCUT2D eigenvalue weighted by molar-refractivity contribution is -0.137. The Morgan fingerprint density at radius 3 is 2.47 bits per heavy atom. The Hall–Kier alpha value is -3.36. The summed E-state index contributed by atoms with van der Waals surface area (Å²) in [6.07, 6.45) is -4.49. The third kappa shape index (κ3) is 3.51. The predicted octanol–water partition coefficient (Wildman–Crippen LogP) is 4.97. The van der Waals surface area contributed by atoms with Crippen LogP contribution >= 0.6 is 0 Å². The molecule has 0 fully saturated rings. The number of carbonyl (C=O) groups excluding carboxylic acids is 1. The van der Waals surface area contributed by atoms with Gasteiger partial charge in [0, 0.05) is 23.8 Å². The summed E-state index contributed by atoms with van der Waals surface area (Å²) >= 11 is 0. The second-order valence-corrected chi connectivity index (χ2v) is 8.75. The van der Waals surface area contributed by atoms with Gasteiger partial charge in [-0.05, 0) is 69.2 Å². The Bertz CT molecular complexity index is 1250. The number of benzene rings is 2. The first kappa shape index (κ1) is 21.9. The van der Waals surface area contributed by atoms with Gasteiger partial charge in [-0.1, -0.05) is 0 Å². The van der Waals surface area contributed by atoms with Crippen molar-refractivity contribution in [2.45, 2.75) is 45.3 Å². The minimum atomic E-state index is -4.49. The zero-order chi connectivity index (χ0) is 23.6. The molecule has 0 spiro atoms. The van der Waals surface area contributed by atoms with E-state index in [0.29, 0.717) is 28.1 Å². The Morgan fingerprint density at radius 2 is 1.81 bits per heavy atom. The van der Waals surface area contributed by atoms with Crippen LogP contribution in [0.25, 0.3) is 10.9 Å². The molecule has 1 aliphatic rings. The molecule has 2 aromatic carbocycles. The molecular weight excluding hydrogens is 419 g/mol. The van der Waals surface area contributed by atoms with Crippen molar-refractivity contribution in [1.29, 1.82) is 0 Å². The Balaban J connectivity index is 1.79. The van der Waals surface area contributed by atoms with Gasteiger partial charge >= 0.3 is 6.18 Å². The van der Waals surface area contributed by atoms with E-state index >= 15 is 0 Å². The molecule has 0 unspecified atom stereocenters. The number of alkyl halides is 3. The first-order valence-electron chi connectivity index (χ1n) is 10.1. The van der Waals surface area contributed by atoms with Crippen molar-refractivity contribution in [1.82, 2.24) is 9.97 Å². The van der Waals surface area contributed by atoms with Crippen molar-refractivity contribution in [3.63, 3.8) is 0 Å². The van der Waals surface area contributed by atoms with Crippen LogP contribution in [0.15, 0.2) is 30.3 Å². The maximum Gasteiger partial charge on any atom is 0.416 e. The van der Waals surface area contributed by atoms with Crippen molar-refractivity contribution < 1.29 is 18.0 Å². The molecular formula is C23H24F3N5O. The molecule has 0 saturated heterocycles. The fourth-order valence-corrected chi connectivity index (χ4v) is 4.19. The summed E-state index contributed by atoms with van der Waals surface area (Å²) in [6, 6.07) is 6.73. The van der Waals surface area contributed by atoms with Crippen LogP contribution in [0.5, 0.6) is 0 Å². The van der Waals surface area contributed by atoms with Crippen molar-refractivity contribution in [3.05, 3.63) is 52.8 Å². The summed E-state index contributed by atoms with van der Waals surface area (Å²) in [6.45, 7) is 7.23. The third-order valence-corrected chi connectivity index (χ3v) is 5.96. The topological polar surface area (TPSA) is 84.1 Å². The number of hydrogen-bond donors (Lipinski definition) is 2. The van der Waals surface area contributed by atoms with Crippen LogP contribution in [0, 0.1) is 6.92 Å². The van der Waals surface area contributed by atoms with Gasteiger partial charge in [0.25, 0.3) is 0 Å². The molecule has 0 bridgehead atoms. The fourth-order valence-electron chi connectivity index (χ4n) is 4.19. The van der Waals surface area contributed by atoms with Gasteiger partial charge in [0.05, 0.1) is 22.5 Å². The van der Waals surface area contributed by atoms with Crippen molar-refractivity contribution in [2.24, 2.45) is 0 Å². The van der Waals surface area contributed by atoms with Gasteiger partial charge in [-0.3, -0.25) is 4.79 Å². The summed E-state index contributed by atoms with van der Waals surface area (Å²) in [5, 5.41) is 3.89. The molecule has 1 aliphatic heterocycles. The molecule has 3 N–H and O–H groups in total. The van der Waals surface area contributed by atoms with Crippen molar-refractivity contribution >= 4 is 34.0 Å². The quantitative estimate of drug-likeness (QED) is 0.559. The molecule has 1 aromatic heterocycles. The van der Waals surface area contributed by atoms with E-state index in [1.807, 2.05) is 26.0 Å². The molecule has 0 radical (unpaired) electrons. The van der Waals surface area contributed by atoms with Gasteiger partial charge in [0.2, 0.25) is 5.91 Å². The molecule has 1 atom stereocenters. The number of carbonyl (C=O) groups is 1. The minimum Gasteiger partial charge on any atom is -0.399 e.